The Labute approximate surface area is 139 Å². The molecular formula is C18H19F3N2O. The van der Waals surface area contributed by atoms with Crippen LogP contribution in [0.25, 0.3) is 0 Å². The number of nitrogens with zero attached hydrogens (tertiary/aromatic N) is 1. The standard InChI is InChI=1S/C18H19F3N2O/c1-23(13-14-7-3-2-4-8-14)17(24)11-12-22-16-10-6-5-9-15(16)18(19,20)21/h2-10,22H,11-13H2,1H3. The first-order chi connectivity index (χ1) is 11.4. The van der Waals surface area contributed by atoms with Crippen LogP contribution in [-0.4, -0.2) is 24.4 Å². The monoisotopic (exact) mass is 336 g/mol. The maximum Gasteiger partial charge on any atom is 0.418 e. The molecule has 0 bridgehead atoms. The van der Waals surface area contributed by atoms with Crippen molar-refractivity contribution < 1.29 is 18.0 Å². The van der Waals surface area contributed by atoms with E-state index in [1.165, 1.54) is 18.2 Å². The fourth-order valence-electron chi connectivity index (χ4n) is 2.32. The minimum absolute atomic E-state index is 0.0106. The minimum atomic E-state index is -4.42. The van der Waals surface area contributed by atoms with E-state index in [0.717, 1.165) is 11.6 Å². The van der Waals surface area contributed by atoms with Gasteiger partial charge in [-0.25, -0.2) is 0 Å². The number of halogens is 3. The first-order valence-corrected chi connectivity index (χ1v) is 7.56. The van der Waals surface area contributed by atoms with Crippen molar-refractivity contribution in [2.75, 3.05) is 18.9 Å². The molecule has 0 heterocycles. The van der Waals surface area contributed by atoms with Crippen molar-refractivity contribution in [1.29, 1.82) is 0 Å². The number of amides is 1. The van der Waals surface area contributed by atoms with Crippen molar-refractivity contribution in [1.82, 2.24) is 4.90 Å². The maximum atomic E-state index is 12.9. The van der Waals surface area contributed by atoms with Gasteiger partial charge in [-0.05, 0) is 17.7 Å². The van der Waals surface area contributed by atoms with Crippen LogP contribution in [0.5, 0.6) is 0 Å². The molecule has 0 saturated carbocycles. The van der Waals surface area contributed by atoms with E-state index in [0.29, 0.717) is 6.54 Å². The summed E-state index contributed by atoms with van der Waals surface area (Å²) < 4.78 is 38.7. The highest BCUT2D eigenvalue weighted by Crippen LogP contribution is 2.34. The van der Waals surface area contributed by atoms with E-state index >= 15 is 0 Å². The number of benzene rings is 2. The molecule has 1 N–H and O–H groups in total. The summed E-state index contributed by atoms with van der Waals surface area (Å²) in [6.45, 7) is 0.615. The number of anilines is 1. The van der Waals surface area contributed by atoms with E-state index in [1.54, 1.807) is 11.9 Å². The van der Waals surface area contributed by atoms with Crippen LogP contribution in [-0.2, 0) is 17.5 Å². The van der Waals surface area contributed by atoms with E-state index in [4.69, 9.17) is 0 Å². The van der Waals surface area contributed by atoms with Crippen LogP contribution < -0.4 is 5.32 Å². The van der Waals surface area contributed by atoms with Gasteiger partial charge in [0, 0.05) is 32.2 Å². The smallest absolute Gasteiger partial charge is 0.384 e. The molecule has 0 atom stereocenters. The second kappa shape index (κ2) is 7.86. The second-order valence-corrected chi connectivity index (χ2v) is 5.46. The van der Waals surface area contributed by atoms with E-state index in [2.05, 4.69) is 5.32 Å². The zero-order valence-electron chi connectivity index (χ0n) is 13.3. The molecule has 0 spiro atoms. The van der Waals surface area contributed by atoms with Crippen LogP contribution in [0.4, 0.5) is 18.9 Å². The Balaban J connectivity index is 1.87. The highest BCUT2D eigenvalue weighted by atomic mass is 19.4. The zero-order valence-corrected chi connectivity index (χ0v) is 13.3. The number of hydrogen-bond donors (Lipinski definition) is 1. The largest absolute Gasteiger partial charge is 0.418 e. The molecule has 128 valence electrons. The van der Waals surface area contributed by atoms with Crippen LogP contribution >= 0.6 is 0 Å². The maximum absolute atomic E-state index is 12.9. The molecule has 0 saturated heterocycles. The van der Waals surface area contributed by atoms with Crippen molar-refractivity contribution in [3.05, 3.63) is 65.7 Å². The fraction of sp³-hybridized carbons (Fsp3) is 0.278. The first-order valence-electron chi connectivity index (χ1n) is 7.56. The lowest BCUT2D eigenvalue weighted by atomic mass is 10.1. The Morgan fingerprint density at radius 1 is 1.04 bits per heavy atom. The zero-order chi connectivity index (χ0) is 17.6. The van der Waals surface area contributed by atoms with Crippen LogP contribution in [0.15, 0.2) is 54.6 Å². The number of rotatable bonds is 6. The summed E-state index contributed by atoms with van der Waals surface area (Å²) in [5, 5.41) is 2.70. The van der Waals surface area contributed by atoms with E-state index in [1.807, 2.05) is 30.3 Å². The van der Waals surface area contributed by atoms with Crippen LogP contribution in [0, 0.1) is 0 Å². The Bertz CT molecular complexity index is 671. The normalized spacial score (nSPS) is 11.2. The number of carbonyl (C=O) groups excluding carboxylic acids is 1. The number of hydrogen-bond acceptors (Lipinski definition) is 2. The minimum Gasteiger partial charge on any atom is -0.384 e. The summed E-state index contributed by atoms with van der Waals surface area (Å²) in [5.41, 5.74) is 0.266. The predicted octanol–water partition coefficient (Wildman–Crippen LogP) is 4.17. The Kier molecular flexibility index (Phi) is 5.84. The topological polar surface area (TPSA) is 32.3 Å². The highest BCUT2D eigenvalue weighted by molar-refractivity contribution is 5.76. The average Bonchev–Trinajstić information content (AvgIpc) is 2.55. The van der Waals surface area contributed by atoms with E-state index in [9.17, 15) is 18.0 Å². The predicted molar refractivity (Wildman–Crippen MR) is 87.5 cm³/mol. The Hall–Kier alpha value is -2.50. The molecule has 0 aromatic heterocycles. The molecule has 0 aliphatic rings. The van der Waals surface area contributed by atoms with Gasteiger partial charge < -0.3 is 10.2 Å². The third-order valence-corrected chi connectivity index (χ3v) is 3.58. The van der Waals surface area contributed by atoms with Gasteiger partial charge in [0.1, 0.15) is 0 Å². The van der Waals surface area contributed by atoms with Crippen molar-refractivity contribution in [3.8, 4) is 0 Å². The number of carbonyl (C=O) groups is 1. The second-order valence-electron chi connectivity index (χ2n) is 5.46. The number of nitrogens with one attached hydrogen (secondary N) is 1. The van der Waals surface area contributed by atoms with Gasteiger partial charge in [-0.15, -0.1) is 0 Å². The first kappa shape index (κ1) is 17.8. The SMILES string of the molecule is CN(Cc1ccccc1)C(=O)CCNc1ccccc1C(F)(F)F. The van der Waals surface area contributed by atoms with Crippen LogP contribution in [0.1, 0.15) is 17.5 Å². The van der Waals surface area contributed by atoms with Crippen LogP contribution in [0.2, 0.25) is 0 Å². The van der Waals surface area contributed by atoms with Gasteiger partial charge in [-0.2, -0.15) is 13.2 Å². The van der Waals surface area contributed by atoms with Gasteiger partial charge in [0.2, 0.25) is 5.91 Å². The van der Waals surface area contributed by atoms with Gasteiger partial charge in [0.25, 0.3) is 0 Å². The molecule has 0 unspecified atom stereocenters. The lowest BCUT2D eigenvalue weighted by Gasteiger charge is -2.18. The third kappa shape index (κ3) is 5.01. The highest BCUT2D eigenvalue weighted by Gasteiger charge is 2.33. The molecule has 2 aromatic rings. The van der Waals surface area contributed by atoms with Gasteiger partial charge in [-0.1, -0.05) is 42.5 Å². The molecule has 1 amide bonds. The molecule has 3 nitrogen and oxygen atoms in total. The van der Waals surface area contributed by atoms with Gasteiger partial charge >= 0.3 is 6.18 Å². The summed E-state index contributed by atoms with van der Waals surface area (Å²) in [6.07, 6.45) is -4.30. The van der Waals surface area contributed by atoms with Crippen molar-refractivity contribution in [2.45, 2.75) is 19.1 Å². The Morgan fingerprint density at radius 3 is 2.33 bits per heavy atom. The molecule has 0 aliphatic heterocycles. The number of para-hydroxylation sites is 1. The van der Waals surface area contributed by atoms with Crippen molar-refractivity contribution in [3.63, 3.8) is 0 Å². The fourth-order valence-corrected chi connectivity index (χ4v) is 2.32. The summed E-state index contributed by atoms with van der Waals surface area (Å²) >= 11 is 0. The van der Waals surface area contributed by atoms with Crippen molar-refractivity contribution >= 4 is 11.6 Å². The molecule has 0 aliphatic carbocycles. The summed E-state index contributed by atoms with van der Waals surface area (Å²) in [4.78, 5) is 13.6. The molecule has 0 fully saturated rings. The van der Waals surface area contributed by atoms with Crippen molar-refractivity contribution in [2.24, 2.45) is 0 Å². The summed E-state index contributed by atoms with van der Waals surface area (Å²) in [7, 11) is 1.68. The van der Waals surface area contributed by atoms with E-state index in [-0.39, 0.29) is 24.6 Å². The molecule has 2 rings (SSSR count). The molecular weight excluding hydrogens is 317 g/mol. The van der Waals surface area contributed by atoms with Crippen LogP contribution in [0.3, 0.4) is 0 Å². The average molecular weight is 336 g/mol. The molecule has 2 aromatic carbocycles. The van der Waals surface area contributed by atoms with Gasteiger partial charge in [0.05, 0.1) is 5.56 Å². The molecule has 6 heteroatoms. The summed E-state index contributed by atoms with van der Waals surface area (Å²) in [5.74, 6) is -0.129. The lowest BCUT2D eigenvalue weighted by Crippen LogP contribution is -2.28. The molecule has 24 heavy (non-hydrogen) atoms. The summed E-state index contributed by atoms with van der Waals surface area (Å²) in [6, 6.07) is 14.8. The third-order valence-electron chi connectivity index (χ3n) is 3.58. The number of alkyl halides is 3. The van der Waals surface area contributed by atoms with Gasteiger partial charge in [-0.3, -0.25) is 4.79 Å². The molecule has 0 radical (unpaired) electrons. The lowest BCUT2D eigenvalue weighted by molar-refractivity contribution is -0.137. The Morgan fingerprint density at radius 2 is 1.67 bits per heavy atom. The quantitative estimate of drug-likeness (QED) is 0.859. The van der Waals surface area contributed by atoms with E-state index < -0.39 is 11.7 Å². The van der Waals surface area contributed by atoms with Gasteiger partial charge in [0.15, 0.2) is 0 Å².